The zero-order valence-corrected chi connectivity index (χ0v) is 19.3. The lowest BCUT2D eigenvalue weighted by Gasteiger charge is -2.16. The first kappa shape index (κ1) is 20.4. The van der Waals surface area contributed by atoms with E-state index in [2.05, 4.69) is 9.68 Å². The predicted octanol–water partition coefficient (Wildman–Crippen LogP) is 3.69. The fourth-order valence-electron chi connectivity index (χ4n) is 4.63. The van der Waals surface area contributed by atoms with Crippen molar-refractivity contribution >= 4 is 43.7 Å². The quantitative estimate of drug-likeness (QED) is 0.603. The zero-order valence-electron chi connectivity index (χ0n) is 16.6. The number of urea groups is 1. The average Bonchev–Trinajstić information content (AvgIpc) is 3.03. The third-order valence-electron chi connectivity index (χ3n) is 6.43. The normalized spacial score (nSPS) is 20.3. The lowest BCUT2D eigenvalue weighted by Crippen LogP contribution is -2.16. The molecular formula is C20H23FN4O2S2Si. The van der Waals surface area contributed by atoms with Gasteiger partial charge in [0.05, 0.1) is 11.4 Å². The zero-order chi connectivity index (χ0) is 21.0. The average molecular weight is 463 g/mol. The lowest BCUT2D eigenvalue weighted by atomic mass is 10.0. The van der Waals surface area contributed by atoms with Crippen LogP contribution in [0, 0.1) is 5.82 Å². The van der Waals surface area contributed by atoms with Crippen molar-refractivity contribution in [2.45, 2.75) is 67.0 Å². The van der Waals surface area contributed by atoms with Crippen LogP contribution in [0.5, 0.6) is 0 Å². The van der Waals surface area contributed by atoms with E-state index in [4.69, 9.17) is 10.1 Å². The van der Waals surface area contributed by atoms with Gasteiger partial charge in [-0.15, -0.1) is 11.3 Å². The van der Waals surface area contributed by atoms with Crippen molar-refractivity contribution in [3.8, 4) is 0 Å². The SMILES string of the molecule is C[C@@H]([Si]O)c1cc(F)c(S(N)=NC(=O)Nc2c3c(nc4c2CCC42CC2)CCC3)s1. The van der Waals surface area contributed by atoms with Gasteiger partial charge in [0.25, 0.3) is 0 Å². The maximum Gasteiger partial charge on any atom is 0.352 e. The Morgan fingerprint density at radius 1 is 1.40 bits per heavy atom. The summed E-state index contributed by atoms with van der Waals surface area (Å²) in [5.74, 6) is -0.469. The second-order valence-electron chi connectivity index (χ2n) is 8.34. The molecule has 1 unspecified atom stereocenters. The van der Waals surface area contributed by atoms with Crippen LogP contribution in [0.1, 0.15) is 65.5 Å². The lowest BCUT2D eigenvalue weighted by molar-refractivity contribution is 0.260. The van der Waals surface area contributed by atoms with Gasteiger partial charge in [0.1, 0.15) is 10.0 Å². The van der Waals surface area contributed by atoms with Gasteiger partial charge in [0.15, 0.2) is 0 Å². The number of carbonyl (C=O) groups is 1. The summed E-state index contributed by atoms with van der Waals surface area (Å²) in [7, 11) is -1.70. The van der Waals surface area contributed by atoms with E-state index >= 15 is 0 Å². The molecule has 2 aromatic rings. The number of aromatic nitrogens is 1. The highest BCUT2D eigenvalue weighted by atomic mass is 32.2. The molecule has 0 aromatic carbocycles. The molecule has 2 atom stereocenters. The minimum absolute atomic E-state index is 0.152. The second kappa shape index (κ2) is 7.59. The summed E-state index contributed by atoms with van der Waals surface area (Å²) in [5, 5.41) is 9.08. The van der Waals surface area contributed by atoms with Crippen molar-refractivity contribution in [2.24, 2.45) is 9.50 Å². The van der Waals surface area contributed by atoms with Gasteiger partial charge in [0, 0.05) is 32.4 Å². The molecule has 10 heteroatoms. The summed E-state index contributed by atoms with van der Waals surface area (Å²) >= 11 is 1.17. The Balaban J connectivity index is 1.44. The molecule has 158 valence electrons. The van der Waals surface area contributed by atoms with Gasteiger partial charge in [-0.05, 0) is 62.1 Å². The van der Waals surface area contributed by atoms with Crippen molar-refractivity contribution in [1.29, 1.82) is 0 Å². The summed E-state index contributed by atoms with van der Waals surface area (Å²) in [6.45, 7) is 1.82. The molecule has 6 nitrogen and oxygen atoms in total. The topological polar surface area (TPSA) is 101 Å². The van der Waals surface area contributed by atoms with Crippen LogP contribution in [0.25, 0.3) is 0 Å². The Morgan fingerprint density at radius 3 is 2.93 bits per heavy atom. The predicted molar refractivity (Wildman–Crippen MR) is 117 cm³/mol. The highest BCUT2D eigenvalue weighted by Gasteiger charge is 2.51. The highest BCUT2D eigenvalue weighted by Crippen LogP contribution is 2.58. The minimum Gasteiger partial charge on any atom is -0.431 e. The van der Waals surface area contributed by atoms with E-state index in [-0.39, 0.29) is 24.9 Å². The van der Waals surface area contributed by atoms with Gasteiger partial charge in [0.2, 0.25) is 9.76 Å². The number of nitrogens with zero attached hydrogens (tertiary/aromatic N) is 2. The van der Waals surface area contributed by atoms with E-state index in [1.807, 2.05) is 6.92 Å². The maximum absolute atomic E-state index is 14.3. The monoisotopic (exact) mass is 462 g/mol. The summed E-state index contributed by atoms with van der Waals surface area (Å²) in [5.41, 5.74) is 5.55. The Morgan fingerprint density at radius 2 is 2.20 bits per heavy atom. The second-order valence-corrected chi connectivity index (χ2v) is 12.0. The summed E-state index contributed by atoms with van der Waals surface area (Å²) in [6.07, 6.45) is 7.31. The molecule has 1 saturated carbocycles. The van der Waals surface area contributed by atoms with Gasteiger partial charge in [-0.25, -0.2) is 9.18 Å². The summed E-state index contributed by atoms with van der Waals surface area (Å²) < 4.78 is 18.6. The minimum atomic E-state index is -1.38. The number of hydrogen-bond acceptors (Lipinski definition) is 4. The third kappa shape index (κ3) is 3.38. The summed E-state index contributed by atoms with van der Waals surface area (Å²) in [4.78, 5) is 27.8. The fraction of sp³-hybridized carbons (Fsp3) is 0.500. The summed E-state index contributed by atoms with van der Waals surface area (Å²) in [6, 6.07) is 0.845. The van der Waals surface area contributed by atoms with Crippen LogP contribution in [-0.4, -0.2) is 25.6 Å². The van der Waals surface area contributed by atoms with Crippen molar-refractivity contribution < 1.29 is 14.0 Å². The first-order valence-electron chi connectivity index (χ1n) is 10.2. The molecule has 1 fully saturated rings. The number of amides is 2. The van der Waals surface area contributed by atoms with Crippen molar-refractivity contribution in [3.05, 3.63) is 39.3 Å². The Bertz CT molecular complexity index is 1080. The number of fused-ring (bicyclic) bond motifs is 3. The van der Waals surface area contributed by atoms with E-state index < -0.39 is 22.7 Å². The van der Waals surface area contributed by atoms with Gasteiger partial charge in [-0.2, -0.15) is 4.36 Å². The molecule has 0 aliphatic heterocycles. The molecule has 2 heterocycles. The van der Waals surface area contributed by atoms with E-state index in [0.29, 0.717) is 4.88 Å². The Hall–Kier alpha value is -1.46. The molecule has 4 N–H and O–H groups in total. The number of halogens is 1. The standard InChI is InChI=1S/C20H23FN4O2S2Si/c1-10(30-27)15-9-13(21)18(28-15)29(22)25-19(26)24-16-11-3-2-4-14(11)23-17-12(16)5-6-20(17)7-8-20/h9-10,27H,2-8H2,1H3,(H3,22,23,24,25,26)/t10-,29?/m1/s1. The van der Waals surface area contributed by atoms with Gasteiger partial charge >= 0.3 is 6.03 Å². The van der Waals surface area contributed by atoms with Crippen molar-refractivity contribution in [1.82, 2.24) is 4.98 Å². The molecule has 0 bridgehead atoms. The molecule has 3 aliphatic rings. The number of hydrogen-bond donors (Lipinski definition) is 3. The van der Waals surface area contributed by atoms with Crippen molar-refractivity contribution in [2.75, 3.05) is 5.32 Å². The molecule has 0 saturated heterocycles. The molecule has 5 rings (SSSR count). The van der Waals surface area contributed by atoms with Crippen LogP contribution >= 0.6 is 11.3 Å². The smallest absolute Gasteiger partial charge is 0.352 e. The van der Waals surface area contributed by atoms with Crippen LogP contribution < -0.4 is 10.5 Å². The Labute approximate surface area is 183 Å². The fourth-order valence-corrected chi connectivity index (χ4v) is 7.19. The number of aryl methyl sites for hydroxylation is 1. The van der Waals surface area contributed by atoms with Crippen LogP contribution in [0.3, 0.4) is 0 Å². The van der Waals surface area contributed by atoms with E-state index in [1.54, 1.807) is 0 Å². The molecule has 1 spiro atoms. The number of nitrogens with one attached hydrogen (secondary N) is 1. The first-order chi connectivity index (χ1) is 14.4. The van der Waals surface area contributed by atoms with Crippen LogP contribution in [0.15, 0.2) is 14.6 Å². The number of thiophene rings is 1. The van der Waals surface area contributed by atoms with Gasteiger partial charge in [-0.1, -0.05) is 6.92 Å². The number of nitrogens with two attached hydrogens (primary N) is 1. The van der Waals surface area contributed by atoms with E-state index in [9.17, 15) is 14.0 Å². The first-order valence-corrected chi connectivity index (χ1v) is 13.3. The molecule has 2 amide bonds. The van der Waals surface area contributed by atoms with Crippen LogP contribution in [-0.2, 0) is 35.6 Å². The van der Waals surface area contributed by atoms with Gasteiger partial charge in [-0.3, -0.25) is 10.1 Å². The van der Waals surface area contributed by atoms with Crippen LogP contribution in [0.2, 0.25) is 0 Å². The number of anilines is 1. The number of carbonyl (C=O) groups excluding carboxylic acids is 1. The Kier molecular flexibility index (Phi) is 5.17. The van der Waals surface area contributed by atoms with Crippen molar-refractivity contribution in [3.63, 3.8) is 0 Å². The molecule has 30 heavy (non-hydrogen) atoms. The largest absolute Gasteiger partial charge is 0.431 e. The molecule has 2 radical (unpaired) electrons. The maximum atomic E-state index is 14.3. The van der Waals surface area contributed by atoms with Crippen LogP contribution in [0.4, 0.5) is 14.9 Å². The van der Waals surface area contributed by atoms with E-state index in [0.717, 1.165) is 54.6 Å². The number of rotatable bonds is 4. The van der Waals surface area contributed by atoms with E-state index in [1.165, 1.54) is 35.9 Å². The highest BCUT2D eigenvalue weighted by molar-refractivity contribution is 7.87. The molecule has 2 aromatic heterocycles. The number of pyridine rings is 1. The molecular weight excluding hydrogens is 439 g/mol. The van der Waals surface area contributed by atoms with Gasteiger partial charge < -0.3 is 10.1 Å². The third-order valence-corrected chi connectivity index (χ3v) is 10.1. The molecule has 3 aliphatic carbocycles.